The Morgan fingerprint density at radius 1 is 1.12 bits per heavy atom. The van der Waals surface area contributed by atoms with Crippen molar-refractivity contribution in [2.45, 2.75) is 13.5 Å². The zero-order valence-corrected chi connectivity index (χ0v) is 20.6. The lowest BCUT2D eigenvalue weighted by Crippen LogP contribution is -2.14. The van der Waals surface area contributed by atoms with Crippen LogP contribution in [0.15, 0.2) is 75.2 Å². The van der Waals surface area contributed by atoms with E-state index in [1.807, 2.05) is 25.1 Å². The molecule has 0 bridgehead atoms. The molecule has 33 heavy (non-hydrogen) atoms. The Kier molecular flexibility index (Phi) is 8.04. The number of anilines is 1. The van der Waals surface area contributed by atoms with Crippen LogP contribution in [0, 0.1) is 18.3 Å². The Morgan fingerprint density at radius 3 is 2.45 bits per heavy atom. The van der Waals surface area contributed by atoms with Crippen molar-refractivity contribution in [1.29, 1.82) is 5.26 Å². The molecular formula is C25H18Br2N2O4. The Bertz CT molecular complexity index is 1280. The highest BCUT2D eigenvalue weighted by Gasteiger charge is 2.15. The number of hydrogen-bond acceptors (Lipinski definition) is 4. The monoisotopic (exact) mass is 568 g/mol. The third-order valence-electron chi connectivity index (χ3n) is 4.68. The van der Waals surface area contributed by atoms with Gasteiger partial charge in [0.1, 0.15) is 24.0 Å². The van der Waals surface area contributed by atoms with Crippen LogP contribution in [-0.4, -0.2) is 17.0 Å². The third-order valence-corrected chi connectivity index (χ3v) is 5.73. The van der Waals surface area contributed by atoms with Crippen LogP contribution < -0.4 is 10.1 Å². The molecule has 8 heteroatoms. The van der Waals surface area contributed by atoms with E-state index in [0.29, 0.717) is 21.5 Å². The fraction of sp³-hybridized carbons (Fsp3) is 0.0800. The van der Waals surface area contributed by atoms with Gasteiger partial charge in [0.2, 0.25) is 0 Å². The maximum atomic E-state index is 12.7. The molecule has 3 aromatic carbocycles. The molecule has 0 saturated heterocycles. The molecule has 3 aromatic rings. The minimum Gasteiger partial charge on any atom is -0.487 e. The van der Waals surface area contributed by atoms with Crippen LogP contribution in [0.1, 0.15) is 27.0 Å². The number of benzene rings is 3. The summed E-state index contributed by atoms with van der Waals surface area (Å²) in [6.45, 7) is 2.03. The Morgan fingerprint density at radius 2 is 1.82 bits per heavy atom. The summed E-state index contributed by atoms with van der Waals surface area (Å²) in [5.41, 5.74) is 2.90. The number of rotatable bonds is 7. The summed E-state index contributed by atoms with van der Waals surface area (Å²) >= 11 is 6.89. The highest BCUT2D eigenvalue weighted by Crippen LogP contribution is 2.35. The lowest BCUT2D eigenvalue weighted by Gasteiger charge is -2.13. The summed E-state index contributed by atoms with van der Waals surface area (Å²) in [6.07, 6.45) is 1.46. The highest BCUT2D eigenvalue weighted by atomic mass is 79.9. The molecular weight excluding hydrogens is 552 g/mol. The van der Waals surface area contributed by atoms with Crippen LogP contribution in [0.2, 0.25) is 0 Å². The number of nitriles is 1. The van der Waals surface area contributed by atoms with Crippen molar-refractivity contribution in [3.05, 3.63) is 97.4 Å². The van der Waals surface area contributed by atoms with E-state index in [1.165, 1.54) is 18.2 Å². The summed E-state index contributed by atoms with van der Waals surface area (Å²) in [5.74, 6) is -1.09. The number of aryl methyl sites for hydroxylation is 1. The lowest BCUT2D eigenvalue weighted by molar-refractivity contribution is -0.112. The van der Waals surface area contributed by atoms with Gasteiger partial charge in [-0.15, -0.1) is 0 Å². The maximum Gasteiger partial charge on any atom is 0.335 e. The molecule has 0 heterocycles. The number of ether oxygens (including phenoxy) is 1. The first kappa shape index (κ1) is 24.2. The van der Waals surface area contributed by atoms with Crippen LogP contribution in [0.25, 0.3) is 6.08 Å². The summed E-state index contributed by atoms with van der Waals surface area (Å²) in [5, 5.41) is 21.4. The average Bonchev–Trinajstić information content (AvgIpc) is 2.78. The number of aromatic carboxylic acids is 1. The largest absolute Gasteiger partial charge is 0.487 e. The van der Waals surface area contributed by atoms with Crippen LogP contribution >= 0.6 is 31.9 Å². The van der Waals surface area contributed by atoms with Crippen molar-refractivity contribution < 1.29 is 19.4 Å². The van der Waals surface area contributed by atoms with E-state index in [2.05, 4.69) is 37.2 Å². The fourth-order valence-electron chi connectivity index (χ4n) is 2.95. The molecule has 0 aromatic heterocycles. The first-order chi connectivity index (χ1) is 15.8. The number of halogens is 2. The average molecular weight is 570 g/mol. The van der Waals surface area contributed by atoms with E-state index in [1.54, 1.807) is 36.4 Å². The molecule has 6 nitrogen and oxygen atoms in total. The second-order valence-electron chi connectivity index (χ2n) is 7.04. The Balaban J connectivity index is 1.87. The van der Waals surface area contributed by atoms with Crippen LogP contribution in [0.3, 0.4) is 0 Å². The molecule has 0 saturated carbocycles. The van der Waals surface area contributed by atoms with Gasteiger partial charge in [-0.3, -0.25) is 4.79 Å². The smallest absolute Gasteiger partial charge is 0.335 e. The second kappa shape index (κ2) is 10.9. The van der Waals surface area contributed by atoms with Crippen molar-refractivity contribution in [3.8, 4) is 11.8 Å². The van der Waals surface area contributed by atoms with Gasteiger partial charge < -0.3 is 15.2 Å². The van der Waals surface area contributed by atoms with E-state index in [9.17, 15) is 14.9 Å². The molecule has 1 amide bonds. The zero-order valence-electron chi connectivity index (χ0n) is 17.4. The predicted octanol–water partition coefficient (Wildman–Crippen LogP) is 6.34. The minimum absolute atomic E-state index is 0.0843. The van der Waals surface area contributed by atoms with Gasteiger partial charge in [-0.2, -0.15) is 5.26 Å². The summed E-state index contributed by atoms with van der Waals surface area (Å²) in [4.78, 5) is 23.8. The molecule has 0 atom stereocenters. The summed E-state index contributed by atoms with van der Waals surface area (Å²) in [6, 6.07) is 19.1. The van der Waals surface area contributed by atoms with Gasteiger partial charge in [-0.05, 0) is 70.4 Å². The molecule has 166 valence electrons. The minimum atomic E-state index is -1.00. The van der Waals surface area contributed by atoms with Crippen molar-refractivity contribution in [2.75, 3.05) is 5.32 Å². The number of carboxylic acid groups (broad SMARTS) is 1. The van der Waals surface area contributed by atoms with E-state index in [4.69, 9.17) is 9.84 Å². The standard InChI is InChI=1S/C25H18Br2N2O4/c1-15-4-2-3-5-22(15)29-24(30)19(13-28)10-18-11-20(26)12-21(27)23(18)33-14-16-6-8-17(9-7-16)25(31)32/h2-12H,14H2,1H3,(H,29,30)(H,31,32)/b19-10+. The van der Waals surface area contributed by atoms with E-state index >= 15 is 0 Å². The van der Waals surface area contributed by atoms with Crippen molar-refractivity contribution >= 4 is 55.5 Å². The Labute approximate surface area is 207 Å². The van der Waals surface area contributed by atoms with E-state index < -0.39 is 11.9 Å². The van der Waals surface area contributed by atoms with E-state index in [-0.39, 0.29) is 17.7 Å². The quantitative estimate of drug-likeness (QED) is 0.255. The lowest BCUT2D eigenvalue weighted by atomic mass is 10.1. The van der Waals surface area contributed by atoms with Gasteiger partial charge in [0.25, 0.3) is 5.91 Å². The number of hydrogen-bond donors (Lipinski definition) is 2. The number of amides is 1. The molecule has 0 aliphatic heterocycles. The van der Waals surface area contributed by atoms with Gasteiger partial charge in [0, 0.05) is 15.7 Å². The van der Waals surface area contributed by atoms with Crippen molar-refractivity contribution in [3.63, 3.8) is 0 Å². The normalized spacial score (nSPS) is 10.9. The van der Waals surface area contributed by atoms with Gasteiger partial charge in [0.15, 0.2) is 0 Å². The van der Waals surface area contributed by atoms with Crippen LogP contribution in [-0.2, 0) is 11.4 Å². The predicted molar refractivity (Wildman–Crippen MR) is 133 cm³/mol. The maximum absolute atomic E-state index is 12.7. The SMILES string of the molecule is Cc1ccccc1NC(=O)/C(C#N)=C/c1cc(Br)cc(Br)c1OCc1ccc(C(=O)O)cc1. The van der Waals surface area contributed by atoms with Gasteiger partial charge in [0.05, 0.1) is 10.0 Å². The highest BCUT2D eigenvalue weighted by molar-refractivity contribution is 9.11. The Hall–Kier alpha value is -3.41. The van der Waals surface area contributed by atoms with Gasteiger partial charge in [-0.25, -0.2) is 4.79 Å². The van der Waals surface area contributed by atoms with Crippen LogP contribution in [0.5, 0.6) is 5.75 Å². The second-order valence-corrected chi connectivity index (χ2v) is 8.81. The zero-order chi connectivity index (χ0) is 24.0. The summed E-state index contributed by atoms with van der Waals surface area (Å²) < 4.78 is 7.33. The molecule has 2 N–H and O–H groups in total. The molecule has 0 spiro atoms. The number of nitrogens with zero attached hydrogens (tertiary/aromatic N) is 1. The van der Waals surface area contributed by atoms with Gasteiger partial charge >= 0.3 is 5.97 Å². The molecule has 0 aliphatic rings. The number of nitrogens with one attached hydrogen (secondary N) is 1. The number of carbonyl (C=O) groups is 2. The molecule has 3 rings (SSSR count). The summed E-state index contributed by atoms with van der Waals surface area (Å²) in [7, 11) is 0. The van der Waals surface area contributed by atoms with Crippen molar-refractivity contribution in [1.82, 2.24) is 0 Å². The fourth-order valence-corrected chi connectivity index (χ4v) is 4.32. The first-order valence-corrected chi connectivity index (χ1v) is 11.3. The molecule has 0 radical (unpaired) electrons. The third kappa shape index (κ3) is 6.31. The topological polar surface area (TPSA) is 99.4 Å². The molecule has 0 unspecified atom stereocenters. The molecule has 0 fully saturated rings. The first-order valence-electron chi connectivity index (χ1n) is 9.71. The van der Waals surface area contributed by atoms with Gasteiger partial charge in [-0.1, -0.05) is 46.3 Å². The van der Waals surface area contributed by atoms with Crippen LogP contribution in [0.4, 0.5) is 5.69 Å². The number of carboxylic acids is 1. The number of carbonyl (C=O) groups excluding carboxylic acids is 1. The number of para-hydroxylation sites is 1. The van der Waals surface area contributed by atoms with E-state index in [0.717, 1.165) is 15.6 Å². The molecule has 0 aliphatic carbocycles. The van der Waals surface area contributed by atoms with Crippen molar-refractivity contribution in [2.24, 2.45) is 0 Å².